The van der Waals surface area contributed by atoms with E-state index in [1.165, 1.54) is 6.07 Å². The third-order valence-corrected chi connectivity index (χ3v) is 5.74. The standard InChI is InChI=1S/C16H15N3O4S2/c1-2-12-5-3-6-13(9-12)19-15(21)10-17-14(20)11-18-25(22,23)16-7-4-8-24-16/h1,3-9,18H,10-11H2,(H,17,20)(H,19,21). The number of nitrogens with one attached hydrogen (secondary N) is 3. The summed E-state index contributed by atoms with van der Waals surface area (Å²) in [6.07, 6.45) is 5.28. The molecule has 0 saturated heterocycles. The minimum atomic E-state index is -3.72. The summed E-state index contributed by atoms with van der Waals surface area (Å²) in [5, 5.41) is 6.53. The minimum absolute atomic E-state index is 0.117. The van der Waals surface area contributed by atoms with Crippen LogP contribution in [0.3, 0.4) is 0 Å². The number of carbonyl (C=O) groups is 2. The van der Waals surface area contributed by atoms with E-state index < -0.39 is 28.4 Å². The van der Waals surface area contributed by atoms with Crippen LogP contribution in [0.1, 0.15) is 5.56 Å². The number of hydrogen-bond acceptors (Lipinski definition) is 5. The lowest BCUT2D eigenvalue weighted by atomic mass is 10.2. The van der Waals surface area contributed by atoms with Crippen LogP contribution in [0.2, 0.25) is 0 Å². The fraction of sp³-hybridized carbons (Fsp3) is 0.125. The van der Waals surface area contributed by atoms with Crippen LogP contribution in [0.15, 0.2) is 46.0 Å². The quantitative estimate of drug-likeness (QED) is 0.620. The first-order valence-corrected chi connectivity index (χ1v) is 9.43. The number of hydrogen-bond donors (Lipinski definition) is 3. The van der Waals surface area contributed by atoms with Crippen LogP contribution in [0.5, 0.6) is 0 Å². The van der Waals surface area contributed by atoms with E-state index in [1.54, 1.807) is 35.7 Å². The number of carbonyl (C=O) groups excluding carboxylic acids is 2. The first-order chi connectivity index (χ1) is 11.9. The molecule has 0 atom stereocenters. The summed E-state index contributed by atoms with van der Waals surface area (Å²) in [4.78, 5) is 23.5. The van der Waals surface area contributed by atoms with Crippen molar-refractivity contribution in [3.05, 3.63) is 47.3 Å². The number of thiophene rings is 1. The molecule has 0 saturated carbocycles. The first-order valence-electron chi connectivity index (χ1n) is 7.07. The number of amides is 2. The zero-order valence-corrected chi connectivity index (χ0v) is 14.6. The molecule has 0 fully saturated rings. The van der Waals surface area contributed by atoms with Gasteiger partial charge in [0.15, 0.2) is 0 Å². The molecule has 25 heavy (non-hydrogen) atoms. The molecule has 1 heterocycles. The lowest BCUT2D eigenvalue weighted by molar-refractivity contribution is -0.123. The van der Waals surface area contributed by atoms with Crippen molar-refractivity contribution >= 4 is 38.9 Å². The Morgan fingerprint density at radius 3 is 2.60 bits per heavy atom. The summed E-state index contributed by atoms with van der Waals surface area (Å²) in [6, 6.07) is 9.73. The molecule has 0 aliphatic rings. The fourth-order valence-corrected chi connectivity index (χ4v) is 3.80. The summed E-state index contributed by atoms with van der Waals surface area (Å²) in [5.74, 6) is 1.37. The first kappa shape index (κ1) is 18.7. The van der Waals surface area contributed by atoms with Crippen molar-refractivity contribution in [2.75, 3.05) is 18.4 Å². The van der Waals surface area contributed by atoms with Crippen LogP contribution < -0.4 is 15.4 Å². The Balaban J connectivity index is 1.78. The number of benzene rings is 1. The topological polar surface area (TPSA) is 104 Å². The SMILES string of the molecule is C#Cc1cccc(NC(=O)CNC(=O)CNS(=O)(=O)c2cccs2)c1. The van der Waals surface area contributed by atoms with E-state index in [2.05, 4.69) is 21.3 Å². The van der Waals surface area contributed by atoms with Gasteiger partial charge < -0.3 is 10.6 Å². The predicted molar refractivity (Wildman–Crippen MR) is 95.5 cm³/mol. The van der Waals surface area contributed by atoms with Gasteiger partial charge in [-0.15, -0.1) is 17.8 Å². The van der Waals surface area contributed by atoms with Gasteiger partial charge in [-0.2, -0.15) is 0 Å². The Labute approximate surface area is 149 Å². The molecule has 0 radical (unpaired) electrons. The summed E-state index contributed by atoms with van der Waals surface area (Å²) >= 11 is 1.04. The zero-order valence-electron chi connectivity index (χ0n) is 13.0. The average molecular weight is 377 g/mol. The van der Waals surface area contributed by atoms with E-state index in [0.29, 0.717) is 11.3 Å². The van der Waals surface area contributed by atoms with Gasteiger partial charge in [-0.1, -0.05) is 18.1 Å². The molecular weight excluding hydrogens is 362 g/mol. The maximum atomic E-state index is 11.9. The van der Waals surface area contributed by atoms with E-state index in [9.17, 15) is 18.0 Å². The van der Waals surface area contributed by atoms with E-state index in [-0.39, 0.29) is 10.8 Å². The highest BCUT2D eigenvalue weighted by Crippen LogP contribution is 2.14. The van der Waals surface area contributed by atoms with Crippen LogP contribution in [-0.2, 0) is 19.6 Å². The van der Waals surface area contributed by atoms with Crippen molar-refractivity contribution in [3.8, 4) is 12.3 Å². The van der Waals surface area contributed by atoms with Gasteiger partial charge in [0.05, 0.1) is 13.1 Å². The molecule has 0 aliphatic heterocycles. The van der Waals surface area contributed by atoms with Gasteiger partial charge in [-0.3, -0.25) is 9.59 Å². The van der Waals surface area contributed by atoms with Crippen molar-refractivity contribution in [1.82, 2.24) is 10.0 Å². The van der Waals surface area contributed by atoms with Gasteiger partial charge in [0.1, 0.15) is 4.21 Å². The molecule has 0 spiro atoms. The highest BCUT2D eigenvalue weighted by molar-refractivity contribution is 7.91. The molecule has 0 aliphatic carbocycles. The molecule has 7 nitrogen and oxygen atoms in total. The number of terminal acetylenes is 1. The van der Waals surface area contributed by atoms with Crippen LogP contribution in [0.4, 0.5) is 5.69 Å². The molecule has 2 aromatic rings. The van der Waals surface area contributed by atoms with E-state index in [4.69, 9.17) is 6.42 Å². The number of rotatable bonds is 7. The van der Waals surface area contributed by atoms with Crippen LogP contribution in [-0.4, -0.2) is 33.3 Å². The Kier molecular flexibility index (Phi) is 6.30. The number of sulfonamides is 1. The lowest BCUT2D eigenvalue weighted by Crippen LogP contribution is -2.40. The molecule has 9 heteroatoms. The third-order valence-electron chi connectivity index (χ3n) is 2.94. The monoisotopic (exact) mass is 377 g/mol. The van der Waals surface area contributed by atoms with Gasteiger partial charge in [-0.05, 0) is 29.6 Å². The zero-order chi connectivity index (χ0) is 18.3. The van der Waals surface area contributed by atoms with Crippen LogP contribution >= 0.6 is 11.3 Å². The third kappa shape index (κ3) is 5.72. The summed E-state index contributed by atoms with van der Waals surface area (Å²) in [6.45, 7) is -0.750. The number of anilines is 1. The highest BCUT2D eigenvalue weighted by Gasteiger charge is 2.16. The summed E-state index contributed by atoms with van der Waals surface area (Å²) in [5.41, 5.74) is 1.12. The maximum Gasteiger partial charge on any atom is 0.250 e. The molecular formula is C16H15N3O4S2. The Hall–Kier alpha value is -2.67. The second-order valence-electron chi connectivity index (χ2n) is 4.81. The Morgan fingerprint density at radius 1 is 1.12 bits per heavy atom. The summed E-state index contributed by atoms with van der Waals surface area (Å²) in [7, 11) is -3.72. The molecule has 0 unspecified atom stereocenters. The largest absolute Gasteiger partial charge is 0.346 e. The van der Waals surface area contributed by atoms with Gasteiger partial charge in [-0.25, -0.2) is 13.1 Å². The molecule has 3 N–H and O–H groups in total. The van der Waals surface area contributed by atoms with Crippen molar-refractivity contribution in [2.24, 2.45) is 0 Å². The van der Waals surface area contributed by atoms with E-state index in [1.807, 2.05) is 0 Å². The minimum Gasteiger partial charge on any atom is -0.346 e. The smallest absolute Gasteiger partial charge is 0.250 e. The molecule has 1 aromatic carbocycles. The fourth-order valence-electron chi connectivity index (χ4n) is 1.78. The van der Waals surface area contributed by atoms with Crippen LogP contribution in [0.25, 0.3) is 0 Å². The molecule has 1 aromatic heterocycles. The van der Waals surface area contributed by atoms with Gasteiger partial charge >= 0.3 is 0 Å². The van der Waals surface area contributed by atoms with Crippen molar-refractivity contribution in [2.45, 2.75) is 4.21 Å². The van der Waals surface area contributed by atoms with Crippen LogP contribution in [0, 0.1) is 12.3 Å². The Bertz CT molecular complexity index is 900. The van der Waals surface area contributed by atoms with E-state index >= 15 is 0 Å². The summed E-state index contributed by atoms with van der Waals surface area (Å²) < 4.78 is 26.0. The molecule has 130 valence electrons. The molecule has 2 amide bonds. The van der Waals surface area contributed by atoms with E-state index in [0.717, 1.165) is 11.3 Å². The Morgan fingerprint density at radius 2 is 1.92 bits per heavy atom. The van der Waals surface area contributed by atoms with Gasteiger partial charge in [0.2, 0.25) is 11.8 Å². The lowest BCUT2D eigenvalue weighted by Gasteiger charge is -2.08. The second kappa shape index (κ2) is 8.43. The highest BCUT2D eigenvalue weighted by atomic mass is 32.2. The maximum absolute atomic E-state index is 11.9. The van der Waals surface area contributed by atoms with Gasteiger partial charge in [0.25, 0.3) is 10.0 Å². The average Bonchev–Trinajstić information content (AvgIpc) is 3.14. The second-order valence-corrected chi connectivity index (χ2v) is 7.75. The molecule has 2 rings (SSSR count). The normalized spacial score (nSPS) is 10.7. The predicted octanol–water partition coefficient (Wildman–Crippen LogP) is 0.763. The van der Waals surface area contributed by atoms with Crippen molar-refractivity contribution in [3.63, 3.8) is 0 Å². The van der Waals surface area contributed by atoms with Crippen molar-refractivity contribution in [1.29, 1.82) is 0 Å². The molecule has 0 bridgehead atoms. The van der Waals surface area contributed by atoms with Crippen molar-refractivity contribution < 1.29 is 18.0 Å². The van der Waals surface area contributed by atoms with Gasteiger partial charge in [0, 0.05) is 11.3 Å².